The minimum Gasteiger partial charge on any atom is -0.505 e. The van der Waals surface area contributed by atoms with Crippen LogP contribution < -0.4 is 4.90 Å². The minimum atomic E-state index is -1.01. The van der Waals surface area contributed by atoms with Crippen LogP contribution in [0.15, 0.2) is 60.3 Å². The third-order valence-corrected chi connectivity index (χ3v) is 7.96. The van der Waals surface area contributed by atoms with E-state index in [1.54, 1.807) is 6.92 Å². The Morgan fingerprint density at radius 2 is 1.74 bits per heavy atom. The number of Topliss-reactive ketones (excluding diaryl/α,β-unsaturated/α-hetero) is 1. The molecule has 1 N–H and O–H groups in total. The highest BCUT2D eigenvalue weighted by Crippen LogP contribution is 2.45. The molecule has 9 heteroatoms. The number of aryl methyl sites for hydroxylation is 4. The Hall–Kier alpha value is -4.37. The lowest BCUT2D eigenvalue weighted by Gasteiger charge is -2.22. The van der Waals surface area contributed by atoms with Crippen LogP contribution in [0.3, 0.4) is 0 Å². The fourth-order valence-electron chi connectivity index (χ4n) is 5.13. The largest absolute Gasteiger partial charge is 0.505 e. The molecule has 0 radical (unpaired) electrons. The number of anilines is 1. The molecule has 1 saturated heterocycles. The van der Waals surface area contributed by atoms with Gasteiger partial charge in [-0.3, -0.25) is 14.5 Å². The summed E-state index contributed by atoms with van der Waals surface area (Å²) in [5.41, 5.74) is 5.46. The third-order valence-electron chi connectivity index (χ3n) is 6.96. The quantitative estimate of drug-likeness (QED) is 0.179. The number of benzene rings is 2. The lowest BCUT2D eigenvalue weighted by molar-refractivity contribution is -0.132. The van der Waals surface area contributed by atoms with Gasteiger partial charge in [0.2, 0.25) is 0 Å². The Labute approximate surface area is 221 Å². The van der Waals surface area contributed by atoms with Crippen molar-refractivity contribution in [2.45, 2.75) is 33.7 Å². The van der Waals surface area contributed by atoms with Crippen molar-refractivity contribution in [3.8, 4) is 0 Å². The number of fused-ring (bicyclic) bond motifs is 2. The molecule has 0 bridgehead atoms. The van der Waals surface area contributed by atoms with Gasteiger partial charge in [-0.15, -0.1) is 0 Å². The van der Waals surface area contributed by atoms with Gasteiger partial charge in [-0.05, 0) is 74.2 Å². The summed E-state index contributed by atoms with van der Waals surface area (Å²) >= 11 is 1.29. The summed E-state index contributed by atoms with van der Waals surface area (Å²) in [6.45, 7) is 7.62. The first kappa shape index (κ1) is 24.0. The maximum absolute atomic E-state index is 13.9. The molecule has 2 aromatic carbocycles. The van der Waals surface area contributed by atoms with Gasteiger partial charge in [-0.25, -0.2) is 14.4 Å². The zero-order chi connectivity index (χ0) is 26.9. The van der Waals surface area contributed by atoms with Gasteiger partial charge in [0, 0.05) is 6.20 Å². The van der Waals surface area contributed by atoms with Crippen molar-refractivity contribution in [2.24, 2.45) is 0 Å². The summed E-state index contributed by atoms with van der Waals surface area (Å²) in [6, 6.07) is 12.3. The van der Waals surface area contributed by atoms with E-state index in [0.717, 1.165) is 26.9 Å². The smallest absolute Gasteiger partial charge is 0.301 e. The molecule has 1 amide bonds. The van der Waals surface area contributed by atoms with Crippen molar-refractivity contribution in [1.29, 1.82) is 0 Å². The van der Waals surface area contributed by atoms with Gasteiger partial charge >= 0.3 is 5.91 Å². The third kappa shape index (κ3) is 3.53. The molecule has 0 aliphatic carbocycles. The van der Waals surface area contributed by atoms with Gasteiger partial charge in [-0.1, -0.05) is 35.6 Å². The van der Waals surface area contributed by atoms with Crippen molar-refractivity contribution in [2.75, 3.05) is 4.90 Å². The first-order chi connectivity index (χ1) is 18.2. The number of thiazole rings is 1. The molecule has 6 rings (SSSR count). The average molecular weight is 527 g/mol. The lowest BCUT2D eigenvalue weighted by atomic mass is 9.96. The van der Waals surface area contributed by atoms with Crippen LogP contribution in [0.25, 0.3) is 21.6 Å². The number of nitrogens with zero attached hydrogens (tertiary/aromatic N) is 4. The molecule has 4 heterocycles. The van der Waals surface area contributed by atoms with E-state index in [1.165, 1.54) is 40.5 Å². The van der Waals surface area contributed by atoms with Gasteiger partial charge in [0.25, 0.3) is 5.78 Å². The summed E-state index contributed by atoms with van der Waals surface area (Å²) in [7, 11) is 0. The van der Waals surface area contributed by atoms with Gasteiger partial charge < -0.3 is 9.51 Å². The van der Waals surface area contributed by atoms with Crippen molar-refractivity contribution in [3.05, 3.63) is 99.8 Å². The molecule has 1 aliphatic heterocycles. The van der Waals surface area contributed by atoms with Gasteiger partial charge in [-0.2, -0.15) is 0 Å². The van der Waals surface area contributed by atoms with Crippen molar-refractivity contribution in [3.63, 3.8) is 0 Å². The molecule has 190 valence electrons. The predicted molar refractivity (Wildman–Crippen MR) is 145 cm³/mol. The zero-order valence-corrected chi connectivity index (χ0v) is 21.9. The number of ketones is 1. The SMILES string of the molecule is Cc1cc(C)c2nc(N3C(=O)C(=O)C(=C(O)c4nc5c(C)cccn5c4C)C3c3ccc(F)cc3)sc2c1. The number of imidazole rings is 1. The standard InChI is InChI=1S/C29H23FN4O3S/c1-14-12-16(3)22-20(13-14)38-29(32-22)34-24(18-7-9-19(30)10-8-18)21(26(36)28(34)37)25(35)23-17(4)33-11-5-6-15(2)27(33)31-23/h5-13,24,35H,1-4H3. The summed E-state index contributed by atoms with van der Waals surface area (Å²) in [4.78, 5) is 37.7. The second kappa shape index (κ2) is 8.59. The zero-order valence-electron chi connectivity index (χ0n) is 21.1. The van der Waals surface area contributed by atoms with Crippen LogP contribution in [-0.2, 0) is 9.59 Å². The molecule has 3 aromatic heterocycles. The van der Waals surface area contributed by atoms with Crippen LogP contribution in [0.4, 0.5) is 9.52 Å². The van der Waals surface area contributed by atoms with E-state index in [4.69, 9.17) is 4.98 Å². The van der Waals surface area contributed by atoms with Crippen molar-refractivity contribution in [1.82, 2.24) is 14.4 Å². The number of hydrogen-bond donors (Lipinski definition) is 1. The Kier molecular flexibility index (Phi) is 5.43. The molecule has 1 aliphatic rings. The summed E-state index contributed by atoms with van der Waals surface area (Å²) in [6.07, 6.45) is 1.82. The molecule has 5 aromatic rings. The molecule has 7 nitrogen and oxygen atoms in total. The summed E-state index contributed by atoms with van der Waals surface area (Å²) < 4.78 is 16.6. The van der Waals surface area contributed by atoms with Crippen LogP contribution in [-0.4, -0.2) is 31.2 Å². The summed E-state index contributed by atoms with van der Waals surface area (Å²) in [5, 5.41) is 11.9. The van der Waals surface area contributed by atoms with Crippen LogP contribution >= 0.6 is 11.3 Å². The Morgan fingerprint density at radius 1 is 1.00 bits per heavy atom. The Morgan fingerprint density at radius 3 is 2.45 bits per heavy atom. The first-order valence-corrected chi connectivity index (χ1v) is 12.9. The maximum Gasteiger partial charge on any atom is 0.301 e. The topological polar surface area (TPSA) is 87.8 Å². The highest BCUT2D eigenvalue weighted by atomic mass is 32.1. The van der Waals surface area contributed by atoms with Crippen LogP contribution in [0.1, 0.15) is 39.7 Å². The normalized spacial score (nSPS) is 17.3. The van der Waals surface area contributed by atoms with E-state index >= 15 is 0 Å². The molecule has 1 fully saturated rings. The molecule has 38 heavy (non-hydrogen) atoms. The molecule has 1 unspecified atom stereocenters. The Bertz CT molecular complexity index is 1830. The van der Waals surface area contributed by atoms with Crippen molar-refractivity contribution < 1.29 is 19.1 Å². The average Bonchev–Trinajstić information content (AvgIpc) is 3.53. The number of amides is 1. The van der Waals surface area contributed by atoms with E-state index in [9.17, 15) is 19.1 Å². The number of halogens is 1. The van der Waals surface area contributed by atoms with E-state index < -0.39 is 23.5 Å². The molecular formula is C29H23FN4O3S. The van der Waals surface area contributed by atoms with Gasteiger partial charge in [0.15, 0.2) is 10.9 Å². The second-order valence-corrected chi connectivity index (χ2v) is 10.6. The molecule has 1 atom stereocenters. The fraction of sp³-hybridized carbons (Fsp3) is 0.172. The lowest BCUT2D eigenvalue weighted by Crippen LogP contribution is -2.29. The molecular weight excluding hydrogens is 503 g/mol. The first-order valence-electron chi connectivity index (χ1n) is 12.0. The number of aromatic nitrogens is 3. The fourth-order valence-corrected chi connectivity index (χ4v) is 6.29. The monoisotopic (exact) mass is 526 g/mol. The predicted octanol–water partition coefficient (Wildman–Crippen LogP) is 5.94. The van der Waals surface area contributed by atoms with Gasteiger partial charge in [0.1, 0.15) is 17.2 Å². The number of carbonyl (C=O) groups excluding carboxylic acids is 2. The number of aliphatic hydroxyl groups excluding tert-OH is 1. The maximum atomic E-state index is 13.9. The minimum absolute atomic E-state index is 0.113. The highest BCUT2D eigenvalue weighted by molar-refractivity contribution is 7.22. The van der Waals surface area contributed by atoms with E-state index in [2.05, 4.69) is 4.98 Å². The van der Waals surface area contributed by atoms with Crippen LogP contribution in [0, 0.1) is 33.5 Å². The number of pyridine rings is 1. The number of rotatable bonds is 3. The van der Waals surface area contributed by atoms with Crippen LogP contribution in [0.2, 0.25) is 0 Å². The summed E-state index contributed by atoms with van der Waals surface area (Å²) in [5.74, 6) is -2.50. The van der Waals surface area contributed by atoms with E-state index in [-0.39, 0.29) is 17.0 Å². The Balaban J connectivity index is 1.60. The van der Waals surface area contributed by atoms with Crippen molar-refractivity contribution >= 4 is 49.8 Å². The van der Waals surface area contributed by atoms with E-state index in [1.807, 2.05) is 55.6 Å². The molecule has 0 saturated carbocycles. The highest BCUT2D eigenvalue weighted by Gasteiger charge is 2.48. The number of hydrogen-bond acceptors (Lipinski definition) is 6. The number of carbonyl (C=O) groups is 2. The van der Waals surface area contributed by atoms with Gasteiger partial charge in [0.05, 0.1) is 27.5 Å². The number of aliphatic hydroxyl groups is 1. The van der Waals surface area contributed by atoms with E-state index in [0.29, 0.717) is 22.0 Å². The van der Waals surface area contributed by atoms with Crippen LogP contribution in [0.5, 0.6) is 0 Å². The second-order valence-electron chi connectivity index (χ2n) is 9.58. The molecule has 0 spiro atoms.